The van der Waals surface area contributed by atoms with Gasteiger partial charge >= 0.3 is 0 Å². The lowest BCUT2D eigenvalue weighted by Crippen LogP contribution is -2.35. The third-order valence-electron chi connectivity index (χ3n) is 3.30. The number of hydrogen-bond acceptors (Lipinski definition) is 3. The lowest BCUT2D eigenvalue weighted by molar-refractivity contribution is -0.135. The quantitative estimate of drug-likeness (QED) is 0.854. The lowest BCUT2D eigenvalue weighted by Gasteiger charge is -2.26. The van der Waals surface area contributed by atoms with Gasteiger partial charge in [0.1, 0.15) is 0 Å². The van der Waals surface area contributed by atoms with Crippen LogP contribution in [0.5, 0.6) is 0 Å². The molecule has 0 saturated carbocycles. The van der Waals surface area contributed by atoms with Gasteiger partial charge < -0.3 is 15.4 Å². The molecule has 19 heavy (non-hydrogen) atoms. The molecule has 2 N–H and O–H groups in total. The third kappa shape index (κ3) is 4.65. The molecule has 1 rings (SSSR count). The summed E-state index contributed by atoms with van der Waals surface area (Å²) in [5.74, 6) is 0.0682. The molecule has 0 heterocycles. The highest BCUT2D eigenvalue weighted by atomic mass is 16.5. The zero-order chi connectivity index (χ0) is 14.5. The Bertz CT molecular complexity index is 430. The monoisotopic (exact) mass is 264 g/mol. The van der Waals surface area contributed by atoms with E-state index in [1.807, 2.05) is 38.1 Å². The number of benzene rings is 1. The molecule has 0 atom stereocenters. The molecule has 0 bridgehead atoms. The van der Waals surface area contributed by atoms with Crippen LogP contribution in [0.25, 0.3) is 0 Å². The van der Waals surface area contributed by atoms with Crippen molar-refractivity contribution in [2.24, 2.45) is 5.73 Å². The molecular weight excluding hydrogens is 240 g/mol. The summed E-state index contributed by atoms with van der Waals surface area (Å²) >= 11 is 0. The van der Waals surface area contributed by atoms with Crippen molar-refractivity contribution in [3.05, 3.63) is 35.4 Å². The minimum atomic E-state index is -0.432. The van der Waals surface area contributed by atoms with Crippen LogP contribution in [-0.4, -0.2) is 30.6 Å². The molecule has 0 aromatic heterocycles. The predicted molar refractivity (Wildman–Crippen MR) is 76.5 cm³/mol. The van der Waals surface area contributed by atoms with Crippen molar-refractivity contribution < 1.29 is 9.53 Å². The van der Waals surface area contributed by atoms with Gasteiger partial charge in [0.15, 0.2) is 0 Å². The number of methoxy groups -OCH3 is 1. The van der Waals surface area contributed by atoms with E-state index in [2.05, 4.69) is 0 Å². The average molecular weight is 264 g/mol. The molecule has 1 aromatic carbocycles. The first-order valence-electron chi connectivity index (χ1n) is 6.45. The van der Waals surface area contributed by atoms with Gasteiger partial charge in [-0.15, -0.1) is 0 Å². The molecule has 0 aliphatic rings. The zero-order valence-electron chi connectivity index (χ0n) is 12.3. The van der Waals surface area contributed by atoms with Crippen LogP contribution in [0.1, 0.15) is 31.4 Å². The molecule has 1 amide bonds. The molecule has 0 saturated heterocycles. The fourth-order valence-electron chi connectivity index (χ4n) is 1.83. The van der Waals surface area contributed by atoms with Crippen LogP contribution in [0.4, 0.5) is 0 Å². The zero-order valence-corrected chi connectivity index (χ0v) is 12.3. The Hall–Kier alpha value is -1.39. The van der Waals surface area contributed by atoms with E-state index >= 15 is 0 Å². The second kappa shape index (κ2) is 6.68. The van der Waals surface area contributed by atoms with Gasteiger partial charge in [0, 0.05) is 27.2 Å². The molecule has 0 fully saturated rings. The molecule has 4 heteroatoms. The van der Waals surface area contributed by atoms with Gasteiger partial charge in [0.2, 0.25) is 5.91 Å². The van der Waals surface area contributed by atoms with Crippen molar-refractivity contribution in [2.75, 3.05) is 14.2 Å². The Morgan fingerprint density at radius 1 is 1.32 bits per heavy atom. The van der Waals surface area contributed by atoms with E-state index in [-0.39, 0.29) is 5.91 Å². The van der Waals surface area contributed by atoms with Crippen LogP contribution in [0.15, 0.2) is 24.3 Å². The Morgan fingerprint density at radius 2 is 1.89 bits per heavy atom. The Balaban J connectivity index is 2.69. The highest BCUT2D eigenvalue weighted by Crippen LogP contribution is 2.16. The van der Waals surface area contributed by atoms with Crippen LogP contribution in [-0.2, 0) is 22.6 Å². The minimum Gasteiger partial charge on any atom is -0.378 e. The van der Waals surface area contributed by atoms with Crippen LogP contribution in [0.3, 0.4) is 0 Å². The standard InChI is InChI=1S/C15H24N2O2/c1-15(2,19-4)9-14(18)17(3)11-13-8-6-5-7-12(13)10-16/h5-8H,9-11,16H2,1-4H3. The summed E-state index contributed by atoms with van der Waals surface area (Å²) in [5, 5.41) is 0. The smallest absolute Gasteiger partial charge is 0.225 e. The van der Waals surface area contributed by atoms with E-state index < -0.39 is 5.60 Å². The number of amides is 1. The van der Waals surface area contributed by atoms with E-state index in [9.17, 15) is 4.79 Å². The van der Waals surface area contributed by atoms with Crippen LogP contribution < -0.4 is 5.73 Å². The van der Waals surface area contributed by atoms with Gasteiger partial charge in [-0.3, -0.25) is 4.79 Å². The molecule has 106 valence electrons. The van der Waals surface area contributed by atoms with Gasteiger partial charge in [0.25, 0.3) is 0 Å². The first-order chi connectivity index (χ1) is 8.89. The Labute approximate surface area is 115 Å². The van der Waals surface area contributed by atoms with Gasteiger partial charge in [-0.2, -0.15) is 0 Å². The van der Waals surface area contributed by atoms with E-state index in [1.54, 1.807) is 19.1 Å². The number of nitrogens with zero attached hydrogens (tertiary/aromatic N) is 1. The summed E-state index contributed by atoms with van der Waals surface area (Å²) in [6.45, 7) is 4.88. The van der Waals surface area contributed by atoms with Gasteiger partial charge in [-0.25, -0.2) is 0 Å². The third-order valence-corrected chi connectivity index (χ3v) is 3.30. The number of carbonyl (C=O) groups excluding carboxylic acids is 1. The SMILES string of the molecule is COC(C)(C)CC(=O)N(C)Cc1ccccc1CN. The summed E-state index contributed by atoms with van der Waals surface area (Å²) in [7, 11) is 3.43. The number of carbonyl (C=O) groups is 1. The van der Waals surface area contributed by atoms with Crippen molar-refractivity contribution in [3.8, 4) is 0 Å². The first kappa shape index (κ1) is 15.7. The van der Waals surface area contributed by atoms with Crippen LogP contribution >= 0.6 is 0 Å². The molecule has 0 spiro atoms. The number of nitrogens with two attached hydrogens (primary N) is 1. The van der Waals surface area contributed by atoms with E-state index in [0.717, 1.165) is 11.1 Å². The van der Waals surface area contributed by atoms with Crippen molar-refractivity contribution in [3.63, 3.8) is 0 Å². The second-order valence-corrected chi connectivity index (χ2v) is 5.36. The van der Waals surface area contributed by atoms with Crippen LogP contribution in [0, 0.1) is 0 Å². The highest BCUT2D eigenvalue weighted by molar-refractivity contribution is 5.76. The summed E-state index contributed by atoms with van der Waals surface area (Å²) in [6.07, 6.45) is 0.366. The number of hydrogen-bond donors (Lipinski definition) is 1. The topological polar surface area (TPSA) is 55.6 Å². The average Bonchev–Trinajstić information content (AvgIpc) is 2.38. The molecule has 4 nitrogen and oxygen atoms in total. The van der Waals surface area contributed by atoms with Crippen molar-refractivity contribution in [2.45, 2.75) is 39.0 Å². The fraction of sp³-hybridized carbons (Fsp3) is 0.533. The summed E-state index contributed by atoms with van der Waals surface area (Å²) < 4.78 is 5.29. The van der Waals surface area contributed by atoms with Gasteiger partial charge in [-0.1, -0.05) is 24.3 Å². The van der Waals surface area contributed by atoms with E-state index in [1.165, 1.54) is 0 Å². The van der Waals surface area contributed by atoms with Crippen LogP contribution in [0.2, 0.25) is 0 Å². The van der Waals surface area contributed by atoms with E-state index in [0.29, 0.717) is 19.5 Å². The maximum Gasteiger partial charge on any atom is 0.225 e. The first-order valence-corrected chi connectivity index (χ1v) is 6.45. The van der Waals surface area contributed by atoms with Gasteiger partial charge in [0.05, 0.1) is 12.0 Å². The number of ether oxygens (including phenoxy) is 1. The summed E-state index contributed by atoms with van der Waals surface area (Å²) in [5.41, 5.74) is 7.44. The molecule has 1 aromatic rings. The summed E-state index contributed by atoms with van der Waals surface area (Å²) in [4.78, 5) is 13.9. The predicted octanol–water partition coefficient (Wildman–Crippen LogP) is 1.92. The Morgan fingerprint density at radius 3 is 2.42 bits per heavy atom. The largest absolute Gasteiger partial charge is 0.378 e. The van der Waals surface area contributed by atoms with Gasteiger partial charge in [-0.05, 0) is 25.0 Å². The second-order valence-electron chi connectivity index (χ2n) is 5.36. The highest BCUT2D eigenvalue weighted by Gasteiger charge is 2.23. The fourth-order valence-corrected chi connectivity index (χ4v) is 1.83. The van der Waals surface area contributed by atoms with E-state index in [4.69, 9.17) is 10.5 Å². The molecule has 0 radical (unpaired) electrons. The normalized spacial score (nSPS) is 11.4. The van der Waals surface area contributed by atoms with Crippen molar-refractivity contribution in [1.29, 1.82) is 0 Å². The number of rotatable bonds is 6. The molecule has 0 aliphatic carbocycles. The summed E-state index contributed by atoms with van der Waals surface area (Å²) in [6, 6.07) is 7.92. The molecule has 0 aliphatic heterocycles. The maximum atomic E-state index is 12.1. The maximum absolute atomic E-state index is 12.1. The molecule has 0 unspecified atom stereocenters. The van der Waals surface area contributed by atoms with Crippen molar-refractivity contribution in [1.82, 2.24) is 4.90 Å². The molecular formula is C15H24N2O2. The minimum absolute atomic E-state index is 0.0682. The Kier molecular flexibility index (Phi) is 5.51. The lowest BCUT2D eigenvalue weighted by atomic mass is 10.0. The van der Waals surface area contributed by atoms with Crippen molar-refractivity contribution >= 4 is 5.91 Å².